The number of rotatable bonds is 26. The van der Waals surface area contributed by atoms with E-state index in [9.17, 15) is 9.59 Å². The zero-order valence-corrected chi connectivity index (χ0v) is 25.6. The third-order valence-corrected chi connectivity index (χ3v) is 6.71. The first kappa shape index (κ1) is 36.5. The summed E-state index contributed by atoms with van der Waals surface area (Å²) in [4.78, 5) is 23.7. The molecule has 226 valence electrons. The lowest BCUT2D eigenvalue weighted by Gasteiger charge is -2.23. The molecule has 1 atom stereocenters. The molecule has 0 radical (unpaired) electrons. The van der Waals surface area contributed by atoms with Crippen LogP contribution >= 0.6 is 0 Å². The van der Waals surface area contributed by atoms with Crippen LogP contribution in [0.15, 0.2) is 0 Å². The topological polar surface area (TPSA) is 85.9 Å². The second kappa shape index (κ2) is 25.7. The summed E-state index contributed by atoms with van der Waals surface area (Å²) < 4.78 is 16.5. The average molecular weight is 545 g/mol. The van der Waals surface area contributed by atoms with Gasteiger partial charge in [0.1, 0.15) is 19.3 Å². The van der Waals surface area contributed by atoms with Crippen molar-refractivity contribution in [2.24, 2.45) is 0 Å². The largest absolute Gasteiger partial charge is 0.447 e. The summed E-state index contributed by atoms with van der Waals surface area (Å²) in [6.45, 7) is 4.48. The minimum atomic E-state index is -0.492. The molecule has 2 N–H and O–H groups in total. The number of quaternary nitrogens is 1. The molecule has 0 heterocycles. The Bertz CT molecular complexity index is 554. The minimum Gasteiger partial charge on any atom is -0.447 e. The Morgan fingerprint density at radius 1 is 0.605 bits per heavy atom. The van der Waals surface area contributed by atoms with Crippen molar-refractivity contribution < 1.29 is 28.3 Å². The maximum absolute atomic E-state index is 11.9. The molecule has 0 fully saturated rings. The van der Waals surface area contributed by atoms with Gasteiger partial charge in [0.15, 0.2) is 0 Å². The maximum Gasteiger partial charge on any atom is 0.407 e. The molecule has 0 bridgehead atoms. The fourth-order valence-electron chi connectivity index (χ4n) is 4.23. The highest BCUT2D eigenvalue weighted by molar-refractivity contribution is 5.67. The van der Waals surface area contributed by atoms with Crippen molar-refractivity contribution in [2.75, 3.05) is 61.1 Å². The molecular formula is C30H62N3O5+. The smallest absolute Gasteiger partial charge is 0.407 e. The average Bonchev–Trinajstić information content (AvgIpc) is 2.88. The Hall–Kier alpha value is -1.54. The van der Waals surface area contributed by atoms with Gasteiger partial charge in [-0.25, -0.2) is 9.59 Å². The van der Waals surface area contributed by atoms with Gasteiger partial charge in [-0.3, -0.25) is 0 Å². The van der Waals surface area contributed by atoms with E-state index in [0.29, 0.717) is 13.1 Å². The van der Waals surface area contributed by atoms with Gasteiger partial charge in [-0.15, -0.1) is 0 Å². The van der Waals surface area contributed by atoms with E-state index in [1.54, 1.807) is 0 Å². The highest BCUT2D eigenvalue weighted by atomic mass is 16.6. The van der Waals surface area contributed by atoms with Gasteiger partial charge in [0, 0.05) is 26.6 Å². The molecule has 8 nitrogen and oxygen atoms in total. The second-order valence-electron chi connectivity index (χ2n) is 11.6. The summed E-state index contributed by atoms with van der Waals surface area (Å²) in [6, 6.07) is 0. The highest BCUT2D eigenvalue weighted by Crippen LogP contribution is 2.13. The fourth-order valence-corrected chi connectivity index (χ4v) is 4.23. The van der Waals surface area contributed by atoms with Gasteiger partial charge in [0.05, 0.1) is 27.7 Å². The quantitative estimate of drug-likeness (QED) is 0.0923. The normalized spacial score (nSPS) is 12.2. The zero-order chi connectivity index (χ0) is 28.3. The Labute approximate surface area is 234 Å². The van der Waals surface area contributed by atoms with Crippen LogP contribution in [0.5, 0.6) is 0 Å². The maximum atomic E-state index is 11.9. The van der Waals surface area contributed by atoms with E-state index in [1.807, 2.05) is 0 Å². The van der Waals surface area contributed by atoms with E-state index >= 15 is 0 Å². The third kappa shape index (κ3) is 27.5. The molecular weight excluding hydrogens is 482 g/mol. The van der Waals surface area contributed by atoms with Crippen molar-refractivity contribution in [1.82, 2.24) is 10.6 Å². The zero-order valence-electron chi connectivity index (χ0n) is 25.6. The Kier molecular flexibility index (Phi) is 24.7. The third-order valence-electron chi connectivity index (χ3n) is 6.71. The molecule has 2 amide bonds. The molecule has 0 saturated carbocycles. The van der Waals surface area contributed by atoms with Crippen molar-refractivity contribution in [3.05, 3.63) is 0 Å². The monoisotopic (exact) mass is 544 g/mol. The van der Waals surface area contributed by atoms with Crippen LogP contribution in [0, 0.1) is 0 Å². The number of hydrogen-bond donors (Lipinski definition) is 2. The summed E-state index contributed by atoms with van der Waals surface area (Å²) in [5.41, 5.74) is 0. The van der Waals surface area contributed by atoms with Gasteiger partial charge in [-0.05, 0) is 6.42 Å². The Morgan fingerprint density at radius 3 is 1.34 bits per heavy atom. The predicted molar refractivity (Wildman–Crippen MR) is 157 cm³/mol. The molecule has 0 aliphatic rings. The first-order chi connectivity index (χ1) is 18.3. The van der Waals surface area contributed by atoms with E-state index in [1.165, 1.54) is 97.0 Å². The number of nitrogens with zero attached hydrogens (tertiary/aromatic N) is 1. The van der Waals surface area contributed by atoms with Gasteiger partial charge in [-0.2, -0.15) is 0 Å². The number of unbranched alkanes of at least 4 members (excludes halogenated alkanes) is 15. The summed E-state index contributed by atoms with van der Waals surface area (Å²) in [5, 5.41) is 5.51. The first-order valence-corrected chi connectivity index (χ1v) is 15.4. The van der Waals surface area contributed by atoms with Gasteiger partial charge in [-0.1, -0.05) is 103 Å². The fraction of sp³-hybridized carbons (Fsp3) is 0.933. The Balaban J connectivity index is 3.50. The molecule has 8 heteroatoms. The number of methoxy groups -OCH3 is 1. The van der Waals surface area contributed by atoms with E-state index in [4.69, 9.17) is 14.2 Å². The van der Waals surface area contributed by atoms with Gasteiger partial charge in [0.25, 0.3) is 0 Å². The van der Waals surface area contributed by atoms with Crippen molar-refractivity contribution in [2.45, 2.75) is 122 Å². The standard InChI is InChI=1S/C30H61N3O5/c1-6-7-8-9-10-11-12-13-14-15-16-17-18-19-20-21-23-31-29(34)37-26-28(36-5)27-38-30(35)32-24-22-25-33(2,3)4/h28H,6-27H2,1-5H3,(H-,31,32,34,35)/p+1. The van der Waals surface area contributed by atoms with Gasteiger partial charge >= 0.3 is 12.2 Å². The second-order valence-corrected chi connectivity index (χ2v) is 11.6. The van der Waals surface area contributed by atoms with Crippen LogP contribution in [0.4, 0.5) is 9.59 Å². The van der Waals surface area contributed by atoms with Gasteiger partial charge < -0.3 is 29.3 Å². The molecule has 0 rings (SSSR count). The van der Waals surface area contributed by atoms with E-state index < -0.39 is 18.3 Å². The SMILES string of the molecule is CCCCCCCCCCCCCCCCCCNC(=O)OCC(COC(=O)NCCC[N+](C)(C)C)OC. The number of carbonyl (C=O) groups excluding carboxylic acids is 2. The lowest BCUT2D eigenvalue weighted by Crippen LogP contribution is -2.38. The number of hydrogen-bond acceptors (Lipinski definition) is 5. The summed E-state index contributed by atoms with van der Waals surface area (Å²) in [5.74, 6) is 0. The lowest BCUT2D eigenvalue weighted by molar-refractivity contribution is -0.870. The molecule has 0 saturated heterocycles. The summed E-state index contributed by atoms with van der Waals surface area (Å²) in [7, 11) is 7.83. The minimum absolute atomic E-state index is 0.0318. The highest BCUT2D eigenvalue weighted by Gasteiger charge is 2.14. The molecule has 38 heavy (non-hydrogen) atoms. The van der Waals surface area contributed by atoms with Crippen LogP contribution in [0.1, 0.15) is 116 Å². The molecule has 0 aromatic carbocycles. The van der Waals surface area contributed by atoms with Crippen LogP contribution in [0.2, 0.25) is 0 Å². The number of amides is 2. The number of ether oxygens (including phenoxy) is 3. The number of alkyl carbamates (subject to hydrolysis) is 2. The van der Waals surface area contributed by atoms with Crippen molar-refractivity contribution in [1.29, 1.82) is 0 Å². The predicted octanol–water partition coefficient (Wildman–Crippen LogP) is 6.81. The van der Waals surface area contributed by atoms with Crippen LogP contribution in [0.25, 0.3) is 0 Å². The number of carbonyl (C=O) groups is 2. The Morgan fingerprint density at radius 2 is 0.974 bits per heavy atom. The van der Waals surface area contributed by atoms with E-state index in [2.05, 4.69) is 38.7 Å². The van der Waals surface area contributed by atoms with Crippen molar-refractivity contribution in [3.63, 3.8) is 0 Å². The van der Waals surface area contributed by atoms with Crippen LogP contribution in [0.3, 0.4) is 0 Å². The molecule has 0 aromatic heterocycles. The van der Waals surface area contributed by atoms with E-state index in [-0.39, 0.29) is 13.2 Å². The van der Waals surface area contributed by atoms with E-state index in [0.717, 1.165) is 30.3 Å². The first-order valence-electron chi connectivity index (χ1n) is 15.4. The molecule has 1 unspecified atom stereocenters. The van der Waals surface area contributed by atoms with Crippen LogP contribution in [-0.4, -0.2) is 83.9 Å². The molecule has 0 aliphatic carbocycles. The van der Waals surface area contributed by atoms with Crippen LogP contribution in [-0.2, 0) is 14.2 Å². The van der Waals surface area contributed by atoms with Gasteiger partial charge in [0.2, 0.25) is 0 Å². The van der Waals surface area contributed by atoms with Crippen LogP contribution < -0.4 is 10.6 Å². The molecule has 0 aliphatic heterocycles. The molecule has 0 aromatic rings. The molecule has 0 spiro atoms. The van der Waals surface area contributed by atoms with Crippen molar-refractivity contribution in [3.8, 4) is 0 Å². The number of nitrogens with one attached hydrogen (secondary N) is 2. The van der Waals surface area contributed by atoms with Crippen molar-refractivity contribution >= 4 is 12.2 Å². The summed E-state index contributed by atoms with van der Waals surface area (Å²) in [6.07, 6.45) is 20.7. The lowest BCUT2D eigenvalue weighted by atomic mass is 10.0. The summed E-state index contributed by atoms with van der Waals surface area (Å²) >= 11 is 0.